The van der Waals surface area contributed by atoms with E-state index in [2.05, 4.69) is 10.1 Å². The standard InChI is InChI=1S/C10H5FN4O2/c11-6-1-2-8(7(3-6)10(16)17)15-5-13-9(4-12)14-15/h1-3,5H,(H,16,17). The summed E-state index contributed by atoms with van der Waals surface area (Å²) in [7, 11) is 0. The number of carbonyl (C=O) groups is 1. The van der Waals surface area contributed by atoms with Crippen LogP contribution in [-0.4, -0.2) is 25.8 Å². The van der Waals surface area contributed by atoms with Crippen LogP contribution in [0.2, 0.25) is 0 Å². The molecule has 0 radical (unpaired) electrons. The monoisotopic (exact) mass is 232 g/mol. The number of carboxylic acid groups (broad SMARTS) is 1. The van der Waals surface area contributed by atoms with Crippen molar-refractivity contribution in [2.24, 2.45) is 0 Å². The van der Waals surface area contributed by atoms with Gasteiger partial charge in [0.15, 0.2) is 0 Å². The van der Waals surface area contributed by atoms with Gasteiger partial charge in [-0.25, -0.2) is 18.9 Å². The largest absolute Gasteiger partial charge is 0.478 e. The average Bonchev–Trinajstić information content (AvgIpc) is 2.77. The van der Waals surface area contributed by atoms with E-state index in [1.54, 1.807) is 6.07 Å². The first-order chi connectivity index (χ1) is 8.11. The Morgan fingerprint density at radius 3 is 2.88 bits per heavy atom. The van der Waals surface area contributed by atoms with Crippen molar-refractivity contribution in [2.75, 3.05) is 0 Å². The number of benzene rings is 1. The van der Waals surface area contributed by atoms with Crippen LogP contribution in [0.5, 0.6) is 0 Å². The van der Waals surface area contributed by atoms with Crippen LogP contribution < -0.4 is 0 Å². The first-order valence-electron chi connectivity index (χ1n) is 4.47. The molecule has 84 valence electrons. The minimum Gasteiger partial charge on any atom is -0.478 e. The van der Waals surface area contributed by atoms with Gasteiger partial charge in [0.2, 0.25) is 0 Å². The van der Waals surface area contributed by atoms with E-state index in [1.807, 2.05) is 0 Å². The molecule has 1 aromatic heterocycles. The molecular weight excluding hydrogens is 227 g/mol. The Morgan fingerprint density at radius 2 is 2.29 bits per heavy atom. The minimum atomic E-state index is -1.28. The fourth-order valence-electron chi connectivity index (χ4n) is 1.31. The van der Waals surface area contributed by atoms with Crippen molar-refractivity contribution in [3.63, 3.8) is 0 Å². The van der Waals surface area contributed by atoms with Gasteiger partial charge in [-0.1, -0.05) is 0 Å². The van der Waals surface area contributed by atoms with Crippen LogP contribution in [0.4, 0.5) is 4.39 Å². The second kappa shape index (κ2) is 4.02. The number of carboxylic acids is 1. The van der Waals surface area contributed by atoms with Crippen molar-refractivity contribution >= 4 is 5.97 Å². The van der Waals surface area contributed by atoms with E-state index in [4.69, 9.17) is 10.4 Å². The highest BCUT2D eigenvalue weighted by Gasteiger charge is 2.14. The van der Waals surface area contributed by atoms with Gasteiger partial charge in [0.05, 0.1) is 11.3 Å². The lowest BCUT2D eigenvalue weighted by Crippen LogP contribution is -2.06. The molecule has 2 aromatic rings. The van der Waals surface area contributed by atoms with Gasteiger partial charge in [-0.15, -0.1) is 5.10 Å². The van der Waals surface area contributed by atoms with Gasteiger partial charge in [-0.05, 0) is 18.2 Å². The van der Waals surface area contributed by atoms with Gasteiger partial charge >= 0.3 is 5.97 Å². The predicted octanol–water partition coefficient (Wildman–Crippen LogP) is 0.976. The third kappa shape index (κ3) is 1.96. The van der Waals surface area contributed by atoms with Crippen LogP contribution in [0.3, 0.4) is 0 Å². The van der Waals surface area contributed by atoms with Gasteiger partial charge in [0, 0.05) is 0 Å². The number of hydrogen-bond donors (Lipinski definition) is 1. The van der Waals surface area contributed by atoms with Crippen molar-refractivity contribution in [3.8, 4) is 11.8 Å². The van der Waals surface area contributed by atoms with Crippen LogP contribution in [0.15, 0.2) is 24.5 Å². The molecule has 0 saturated heterocycles. The zero-order valence-corrected chi connectivity index (χ0v) is 8.33. The lowest BCUT2D eigenvalue weighted by Gasteiger charge is -2.04. The second-order valence-corrected chi connectivity index (χ2v) is 3.09. The molecule has 0 saturated carbocycles. The molecule has 0 amide bonds. The highest BCUT2D eigenvalue weighted by Crippen LogP contribution is 2.15. The molecule has 0 aliphatic carbocycles. The number of nitriles is 1. The molecule has 0 fully saturated rings. The number of rotatable bonds is 2. The molecule has 0 unspecified atom stereocenters. The summed E-state index contributed by atoms with van der Waals surface area (Å²) >= 11 is 0. The van der Waals surface area contributed by atoms with Gasteiger partial charge < -0.3 is 5.11 Å². The molecule has 17 heavy (non-hydrogen) atoms. The maximum atomic E-state index is 12.9. The molecule has 0 atom stereocenters. The summed E-state index contributed by atoms with van der Waals surface area (Å²) in [5.74, 6) is -2.04. The summed E-state index contributed by atoms with van der Waals surface area (Å²) in [6.45, 7) is 0. The second-order valence-electron chi connectivity index (χ2n) is 3.09. The minimum absolute atomic E-state index is 0.0920. The summed E-state index contributed by atoms with van der Waals surface area (Å²) in [5.41, 5.74) is -0.104. The number of nitrogens with zero attached hydrogens (tertiary/aromatic N) is 4. The highest BCUT2D eigenvalue weighted by atomic mass is 19.1. The zero-order valence-electron chi connectivity index (χ0n) is 8.33. The van der Waals surface area contributed by atoms with Crippen LogP contribution >= 0.6 is 0 Å². The van der Waals surface area contributed by atoms with E-state index in [0.29, 0.717) is 0 Å². The molecule has 0 aliphatic heterocycles. The average molecular weight is 232 g/mol. The molecule has 1 aromatic carbocycles. The van der Waals surface area contributed by atoms with E-state index in [1.165, 1.54) is 12.4 Å². The highest BCUT2D eigenvalue weighted by molar-refractivity contribution is 5.91. The quantitative estimate of drug-likeness (QED) is 0.833. The van der Waals surface area contributed by atoms with E-state index >= 15 is 0 Å². The van der Waals surface area contributed by atoms with Gasteiger partial charge in [0.1, 0.15) is 18.2 Å². The van der Waals surface area contributed by atoms with Gasteiger partial charge in [-0.2, -0.15) is 5.26 Å². The SMILES string of the molecule is N#Cc1ncn(-c2ccc(F)cc2C(=O)O)n1. The van der Waals surface area contributed by atoms with Crippen LogP contribution in [-0.2, 0) is 0 Å². The van der Waals surface area contributed by atoms with E-state index < -0.39 is 11.8 Å². The van der Waals surface area contributed by atoms with Crippen molar-refractivity contribution in [1.29, 1.82) is 5.26 Å². The lowest BCUT2D eigenvalue weighted by molar-refractivity contribution is 0.0696. The topological polar surface area (TPSA) is 91.8 Å². The Kier molecular flexibility index (Phi) is 2.54. The van der Waals surface area contributed by atoms with Crippen molar-refractivity contribution in [3.05, 3.63) is 41.7 Å². The summed E-state index contributed by atoms with van der Waals surface area (Å²) in [5, 5.41) is 21.2. The molecule has 0 spiro atoms. The first-order valence-corrected chi connectivity index (χ1v) is 4.47. The molecular formula is C10H5FN4O2. The third-order valence-electron chi connectivity index (χ3n) is 2.03. The Balaban J connectivity index is 2.59. The third-order valence-corrected chi connectivity index (χ3v) is 2.03. The smallest absolute Gasteiger partial charge is 0.338 e. The normalized spacial score (nSPS) is 9.88. The molecule has 2 rings (SSSR count). The van der Waals surface area contributed by atoms with Crippen molar-refractivity contribution < 1.29 is 14.3 Å². The summed E-state index contributed by atoms with van der Waals surface area (Å²) in [6, 6.07) is 4.96. The van der Waals surface area contributed by atoms with Crippen LogP contribution in [0, 0.1) is 17.1 Å². The summed E-state index contributed by atoms with van der Waals surface area (Å²) in [4.78, 5) is 14.6. The molecule has 6 nitrogen and oxygen atoms in total. The van der Waals surface area contributed by atoms with Crippen LogP contribution in [0.25, 0.3) is 5.69 Å². The molecule has 1 N–H and O–H groups in total. The number of halogens is 1. The van der Waals surface area contributed by atoms with Gasteiger partial charge in [-0.3, -0.25) is 0 Å². The summed E-state index contributed by atoms with van der Waals surface area (Å²) in [6.07, 6.45) is 1.19. The van der Waals surface area contributed by atoms with Gasteiger partial charge in [0.25, 0.3) is 5.82 Å². The maximum absolute atomic E-state index is 12.9. The molecule has 1 heterocycles. The Morgan fingerprint density at radius 1 is 1.53 bits per heavy atom. The zero-order chi connectivity index (χ0) is 12.4. The number of hydrogen-bond acceptors (Lipinski definition) is 4. The molecule has 7 heteroatoms. The fraction of sp³-hybridized carbons (Fsp3) is 0. The number of aromatic carboxylic acids is 1. The van der Waals surface area contributed by atoms with Crippen LogP contribution in [0.1, 0.15) is 16.2 Å². The van der Waals surface area contributed by atoms with E-state index in [-0.39, 0.29) is 17.1 Å². The van der Waals surface area contributed by atoms with E-state index in [9.17, 15) is 9.18 Å². The Bertz CT molecular complexity index is 629. The predicted molar refractivity (Wildman–Crippen MR) is 53.0 cm³/mol. The van der Waals surface area contributed by atoms with Crippen molar-refractivity contribution in [2.45, 2.75) is 0 Å². The Labute approximate surface area is 94.6 Å². The summed E-state index contributed by atoms with van der Waals surface area (Å²) < 4.78 is 14.0. The first kappa shape index (κ1) is 10.8. The maximum Gasteiger partial charge on any atom is 0.338 e. The molecule has 0 aliphatic rings. The number of aromatic nitrogens is 3. The Hall–Kier alpha value is -2.75. The lowest BCUT2D eigenvalue weighted by atomic mass is 10.2. The van der Waals surface area contributed by atoms with E-state index in [0.717, 1.165) is 16.8 Å². The van der Waals surface area contributed by atoms with Crippen molar-refractivity contribution in [1.82, 2.24) is 14.8 Å². The fourth-order valence-corrected chi connectivity index (χ4v) is 1.31. The molecule has 0 bridgehead atoms.